The third kappa shape index (κ3) is 4.68. The average Bonchev–Trinajstić information content (AvgIpc) is 3.02. The van der Waals surface area contributed by atoms with E-state index in [1.165, 1.54) is 0 Å². The van der Waals surface area contributed by atoms with Gasteiger partial charge in [0.25, 0.3) is 0 Å². The minimum absolute atomic E-state index is 0.0210. The van der Waals surface area contributed by atoms with Gasteiger partial charge in [-0.2, -0.15) is 0 Å². The molecule has 1 unspecified atom stereocenters. The standard InChI is InChI=1S/C21H31N3O3/c1-15-12-16(2)14-17(13-15)24-10-6-19(21(24)26)20(25)23-8-4-18(5-9-23)27-11-3-7-22/h12-14,18-19H,3-11,22H2,1-2H3. The maximum atomic E-state index is 12.9. The van der Waals surface area contributed by atoms with Gasteiger partial charge >= 0.3 is 0 Å². The minimum atomic E-state index is -0.541. The maximum absolute atomic E-state index is 12.9. The van der Waals surface area contributed by atoms with Crippen LogP contribution in [-0.2, 0) is 14.3 Å². The molecular weight excluding hydrogens is 342 g/mol. The van der Waals surface area contributed by atoms with Crippen LogP contribution in [0.2, 0.25) is 0 Å². The Kier molecular flexibility index (Phi) is 6.50. The molecule has 0 radical (unpaired) electrons. The smallest absolute Gasteiger partial charge is 0.239 e. The number of nitrogens with two attached hydrogens (primary N) is 1. The summed E-state index contributed by atoms with van der Waals surface area (Å²) < 4.78 is 5.80. The second-order valence-electron chi connectivity index (χ2n) is 7.71. The zero-order chi connectivity index (χ0) is 19.4. The number of carbonyl (C=O) groups excluding carboxylic acids is 2. The first kappa shape index (κ1) is 19.8. The van der Waals surface area contributed by atoms with Crippen molar-refractivity contribution in [1.29, 1.82) is 0 Å². The van der Waals surface area contributed by atoms with Crippen LogP contribution in [0, 0.1) is 19.8 Å². The van der Waals surface area contributed by atoms with Gasteiger partial charge in [-0.15, -0.1) is 0 Å². The molecule has 0 saturated carbocycles. The highest BCUT2D eigenvalue weighted by Crippen LogP contribution is 2.29. The Morgan fingerprint density at radius 1 is 1.11 bits per heavy atom. The van der Waals surface area contributed by atoms with Crippen molar-refractivity contribution in [2.75, 3.05) is 37.7 Å². The molecule has 6 heteroatoms. The van der Waals surface area contributed by atoms with E-state index >= 15 is 0 Å². The maximum Gasteiger partial charge on any atom is 0.239 e. The zero-order valence-electron chi connectivity index (χ0n) is 16.4. The van der Waals surface area contributed by atoms with Gasteiger partial charge in [-0.25, -0.2) is 0 Å². The summed E-state index contributed by atoms with van der Waals surface area (Å²) in [6.07, 6.45) is 3.32. The quantitative estimate of drug-likeness (QED) is 0.611. The molecule has 148 valence electrons. The van der Waals surface area contributed by atoms with Gasteiger partial charge in [0.1, 0.15) is 5.92 Å². The van der Waals surface area contributed by atoms with Crippen molar-refractivity contribution in [3.8, 4) is 0 Å². The number of aryl methyl sites for hydroxylation is 2. The van der Waals surface area contributed by atoms with Crippen LogP contribution in [-0.4, -0.2) is 55.6 Å². The van der Waals surface area contributed by atoms with Crippen molar-refractivity contribution < 1.29 is 14.3 Å². The Balaban J connectivity index is 1.56. The normalized spacial score (nSPS) is 21.1. The number of hydrogen-bond acceptors (Lipinski definition) is 4. The van der Waals surface area contributed by atoms with Crippen molar-refractivity contribution in [3.05, 3.63) is 29.3 Å². The first-order valence-electron chi connectivity index (χ1n) is 9.99. The summed E-state index contributed by atoms with van der Waals surface area (Å²) in [5.41, 5.74) is 8.65. The molecule has 6 nitrogen and oxygen atoms in total. The summed E-state index contributed by atoms with van der Waals surface area (Å²) in [5.74, 6) is -0.626. The number of anilines is 1. The van der Waals surface area contributed by atoms with E-state index in [1.54, 1.807) is 4.90 Å². The van der Waals surface area contributed by atoms with Crippen LogP contribution in [0.1, 0.15) is 36.8 Å². The molecule has 0 aromatic heterocycles. The highest BCUT2D eigenvalue weighted by molar-refractivity contribution is 6.09. The molecule has 2 aliphatic heterocycles. The van der Waals surface area contributed by atoms with Crippen LogP contribution in [0.4, 0.5) is 5.69 Å². The Bertz CT molecular complexity index is 663. The molecule has 2 saturated heterocycles. The van der Waals surface area contributed by atoms with Crippen LogP contribution >= 0.6 is 0 Å². The van der Waals surface area contributed by atoms with Gasteiger partial charge in [0.2, 0.25) is 11.8 Å². The van der Waals surface area contributed by atoms with Crippen molar-refractivity contribution in [2.24, 2.45) is 11.7 Å². The van der Waals surface area contributed by atoms with Crippen molar-refractivity contribution in [2.45, 2.75) is 45.6 Å². The fourth-order valence-electron chi connectivity index (χ4n) is 4.07. The summed E-state index contributed by atoms with van der Waals surface area (Å²) in [4.78, 5) is 29.4. The number of nitrogens with zero attached hydrogens (tertiary/aromatic N) is 2. The van der Waals surface area contributed by atoms with Crippen molar-refractivity contribution in [3.63, 3.8) is 0 Å². The van der Waals surface area contributed by atoms with E-state index in [1.807, 2.05) is 30.9 Å². The van der Waals surface area contributed by atoms with Crippen LogP contribution in [0.25, 0.3) is 0 Å². The van der Waals surface area contributed by atoms with Crippen LogP contribution < -0.4 is 10.6 Å². The van der Waals surface area contributed by atoms with Crippen molar-refractivity contribution >= 4 is 17.5 Å². The molecule has 27 heavy (non-hydrogen) atoms. The lowest BCUT2D eigenvalue weighted by molar-refractivity contribution is -0.141. The molecule has 0 bridgehead atoms. The summed E-state index contributed by atoms with van der Waals surface area (Å²) >= 11 is 0. The number of benzene rings is 1. The van der Waals surface area contributed by atoms with E-state index in [9.17, 15) is 9.59 Å². The number of hydrogen-bond donors (Lipinski definition) is 1. The van der Waals surface area contributed by atoms with E-state index in [0.717, 1.165) is 36.1 Å². The van der Waals surface area contributed by atoms with Crippen LogP contribution in [0.3, 0.4) is 0 Å². The van der Waals surface area contributed by atoms with Gasteiger partial charge in [-0.05, 0) is 69.3 Å². The molecule has 2 fully saturated rings. The lowest BCUT2D eigenvalue weighted by Gasteiger charge is -2.33. The van der Waals surface area contributed by atoms with Crippen molar-refractivity contribution in [1.82, 2.24) is 4.90 Å². The Hall–Kier alpha value is -1.92. The zero-order valence-corrected chi connectivity index (χ0v) is 16.4. The number of likely N-dealkylation sites (tertiary alicyclic amines) is 1. The van der Waals surface area contributed by atoms with Crippen LogP contribution in [0.5, 0.6) is 0 Å². The third-order valence-electron chi connectivity index (χ3n) is 5.48. The third-order valence-corrected chi connectivity index (χ3v) is 5.48. The molecular formula is C21H31N3O3. The molecule has 2 aliphatic rings. The number of amides is 2. The Labute approximate surface area is 161 Å². The van der Waals surface area contributed by atoms with Gasteiger partial charge in [0.15, 0.2) is 0 Å². The second kappa shape index (κ2) is 8.85. The van der Waals surface area contributed by atoms with E-state index in [-0.39, 0.29) is 17.9 Å². The molecule has 0 spiro atoms. The SMILES string of the molecule is Cc1cc(C)cc(N2CCC(C(=O)N3CCC(OCCCN)CC3)C2=O)c1. The summed E-state index contributed by atoms with van der Waals surface area (Å²) in [5, 5.41) is 0. The molecule has 0 aliphatic carbocycles. The number of rotatable bonds is 6. The monoisotopic (exact) mass is 373 g/mol. The van der Waals surface area contributed by atoms with Crippen LogP contribution in [0.15, 0.2) is 18.2 Å². The van der Waals surface area contributed by atoms with E-state index < -0.39 is 5.92 Å². The van der Waals surface area contributed by atoms with E-state index in [0.29, 0.717) is 39.2 Å². The summed E-state index contributed by atoms with van der Waals surface area (Å²) in [6.45, 7) is 7.31. The fraction of sp³-hybridized carbons (Fsp3) is 0.619. The second-order valence-corrected chi connectivity index (χ2v) is 7.71. The number of carbonyl (C=O) groups is 2. The van der Waals surface area contributed by atoms with Gasteiger partial charge in [0.05, 0.1) is 6.10 Å². The highest BCUT2D eigenvalue weighted by atomic mass is 16.5. The lowest BCUT2D eigenvalue weighted by atomic mass is 10.0. The first-order chi connectivity index (χ1) is 13.0. The predicted molar refractivity (Wildman–Crippen MR) is 106 cm³/mol. The Morgan fingerprint density at radius 3 is 2.41 bits per heavy atom. The van der Waals surface area contributed by atoms with Gasteiger partial charge in [0, 0.05) is 31.9 Å². The topological polar surface area (TPSA) is 75.9 Å². The molecule has 1 aromatic rings. The number of ether oxygens (including phenoxy) is 1. The molecule has 1 aromatic carbocycles. The molecule has 2 heterocycles. The fourth-order valence-corrected chi connectivity index (χ4v) is 4.07. The van der Waals surface area contributed by atoms with Gasteiger partial charge in [-0.1, -0.05) is 6.07 Å². The van der Waals surface area contributed by atoms with E-state index in [2.05, 4.69) is 6.07 Å². The molecule has 2 amide bonds. The summed E-state index contributed by atoms with van der Waals surface area (Å²) in [7, 11) is 0. The lowest BCUT2D eigenvalue weighted by Crippen LogP contribution is -2.45. The molecule has 3 rings (SSSR count). The highest BCUT2D eigenvalue weighted by Gasteiger charge is 2.40. The summed E-state index contributed by atoms with van der Waals surface area (Å²) in [6, 6.07) is 6.12. The largest absolute Gasteiger partial charge is 0.378 e. The predicted octanol–water partition coefficient (Wildman–Crippen LogP) is 2.01. The minimum Gasteiger partial charge on any atom is -0.378 e. The first-order valence-corrected chi connectivity index (χ1v) is 9.99. The Morgan fingerprint density at radius 2 is 1.78 bits per heavy atom. The van der Waals surface area contributed by atoms with E-state index in [4.69, 9.17) is 10.5 Å². The average molecular weight is 373 g/mol. The molecule has 2 N–H and O–H groups in total. The van der Waals surface area contributed by atoms with Gasteiger partial charge < -0.3 is 20.3 Å². The van der Waals surface area contributed by atoms with Gasteiger partial charge in [-0.3, -0.25) is 9.59 Å². The number of piperidine rings is 1. The molecule has 1 atom stereocenters.